The Morgan fingerprint density at radius 3 is 2.61 bits per heavy atom. The van der Waals surface area contributed by atoms with E-state index in [9.17, 15) is 23.5 Å². The first-order valence-electron chi connectivity index (χ1n) is 8.50. The number of pyridine rings is 1. The van der Waals surface area contributed by atoms with Crippen molar-refractivity contribution in [3.05, 3.63) is 29.0 Å². The van der Waals surface area contributed by atoms with Crippen LogP contribution in [0.4, 0.5) is 5.69 Å². The number of ether oxygens (including phenoxy) is 1. The fourth-order valence-electron chi connectivity index (χ4n) is 2.90. The second kappa shape index (κ2) is 9.84. The molecule has 0 aromatic carbocycles. The number of rotatable bonds is 10. The average Bonchev–Trinajstić information content (AvgIpc) is 3.28. The van der Waals surface area contributed by atoms with Gasteiger partial charge in [0.2, 0.25) is 0 Å². The number of fused-ring (bicyclic) bond motifs is 1. The van der Waals surface area contributed by atoms with E-state index >= 15 is 0 Å². The van der Waals surface area contributed by atoms with Crippen LogP contribution in [0.1, 0.15) is 12.6 Å². The van der Waals surface area contributed by atoms with Crippen LogP contribution in [0.15, 0.2) is 23.7 Å². The highest BCUT2D eigenvalue weighted by molar-refractivity contribution is 7.66. The van der Waals surface area contributed by atoms with Gasteiger partial charge in [0, 0.05) is 17.5 Å². The fourth-order valence-corrected chi connectivity index (χ4v) is 5.93. The Hall–Kier alpha value is -1.78. The van der Waals surface area contributed by atoms with E-state index in [0.29, 0.717) is 0 Å². The highest BCUT2D eigenvalue weighted by Gasteiger charge is 2.43. The van der Waals surface area contributed by atoms with Crippen LogP contribution in [0.25, 0.3) is 21.6 Å². The van der Waals surface area contributed by atoms with Gasteiger partial charge < -0.3 is 24.3 Å². The minimum Gasteiger partial charge on any atom is -0.349 e. The quantitative estimate of drug-likeness (QED) is 0.0948. The van der Waals surface area contributed by atoms with Gasteiger partial charge in [-0.2, -0.15) is 8.62 Å². The van der Waals surface area contributed by atoms with Crippen LogP contribution in [0.2, 0.25) is 0 Å². The van der Waals surface area contributed by atoms with Crippen molar-refractivity contribution >= 4 is 40.3 Å². The molecule has 0 aliphatic carbocycles. The van der Waals surface area contributed by atoms with Crippen LogP contribution in [0.3, 0.4) is 0 Å². The largest absolute Gasteiger partial charge is 0.490 e. The van der Waals surface area contributed by atoms with Crippen molar-refractivity contribution in [3.63, 3.8) is 0 Å². The second-order valence-electron chi connectivity index (χ2n) is 6.27. The summed E-state index contributed by atoms with van der Waals surface area (Å²) in [6, 6.07) is 1.45. The van der Waals surface area contributed by atoms with Gasteiger partial charge in [-0.05, 0) is 11.6 Å². The van der Waals surface area contributed by atoms with Gasteiger partial charge in [-0.25, -0.2) is 29.6 Å². The Balaban J connectivity index is 1.71. The molecule has 2 aromatic rings. The molecule has 1 aliphatic heterocycles. The highest BCUT2D eigenvalue weighted by Crippen LogP contribution is 2.66. The number of phosphoric acid groups is 3. The number of hydrogen-bond acceptors (Lipinski definition) is 12. The maximum absolute atomic E-state index is 11.9. The van der Waals surface area contributed by atoms with E-state index in [1.165, 1.54) is 23.2 Å². The lowest BCUT2D eigenvalue weighted by atomic mass is 10.2. The third-order valence-electron chi connectivity index (χ3n) is 4.08. The summed E-state index contributed by atoms with van der Waals surface area (Å²) in [4.78, 5) is 51.6. The van der Waals surface area contributed by atoms with E-state index in [1.54, 1.807) is 0 Å². The first kappa shape index (κ1) is 25.8. The molecule has 3 rings (SSSR count). The smallest absolute Gasteiger partial charge is 0.349 e. The lowest BCUT2D eigenvalue weighted by Crippen LogP contribution is -2.31. The predicted molar refractivity (Wildman–Crippen MR) is 104 cm³/mol. The number of nitrogens with zero attached hydrogens (tertiary/aromatic N) is 6. The SMILES string of the molecule is [N-]=[N+]=Nc1ccnc2c1ncn2[C@H]1CC(ON)[C@@H](COP(=O)(O)OP(=O)(O)OP(=O)(O)O)O1. The topological polar surface area (TPSA) is 284 Å². The maximum Gasteiger partial charge on any atom is 0.490 e. The summed E-state index contributed by atoms with van der Waals surface area (Å²) < 4.78 is 53.0. The second-order valence-corrected chi connectivity index (χ2v) is 10.7. The van der Waals surface area contributed by atoms with Crippen molar-refractivity contribution in [1.29, 1.82) is 0 Å². The van der Waals surface area contributed by atoms with Crippen molar-refractivity contribution in [2.75, 3.05) is 6.61 Å². The first-order valence-corrected chi connectivity index (χ1v) is 13.0. The summed E-state index contributed by atoms with van der Waals surface area (Å²) in [6.45, 7) is -0.758. The zero-order chi connectivity index (χ0) is 24.4. The van der Waals surface area contributed by atoms with Gasteiger partial charge in [-0.1, -0.05) is 5.11 Å². The molecule has 22 heteroatoms. The van der Waals surface area contributed by atoms with E-state index in [1.807, 2.05) is 0 Å². The summed E-state index contributed by atoms with van der Waals surface area (Å²) in [6.07, 6.45) is -0.0189. The standard InChI is InChI=1S/C11H16N7O12P3/c12-17-16-6-1-2-14-11-10(6)15-5-18(11)9-3-7(28-13)8(27-9)4-26-32(22,23)30-33(24,25)29-31(19,20)21/h1-2,5,7-9H,3-4,13H2,(H,22,23)(H,24,25)(H2,19,20,21)/t7?,8-,9-/m1/s1. The first-order chi connectivity index (χ1) is 15.3. The monoisotopic (exact) mass is 531 g/mol. The summed E-state index contributed by atoms with van der Waals surface area (Å²) in [5.41, 5.74) is 9.43. The van der Waals surface area contributed by atoms with Crippen molar-refractivity contribution in [3.8, 4) is 0 Å². The molecule has 33 heavy (non-hydrogen) atoms. The minimum atomic E-state index is -5.66. The number of nitrogens with two attached hydrogens (primary N) is 1. The molecule has 6 N–H and O–H groups in total. The van der Waals surface area contributed by atoms with Crippen LogP contribution in [-0.2, 0) is 36.4 Å². The summed E-state index contributed by atoms with van der Waals surface area (Å²) in [7, 11) is -16.5. The van der Waals surface area contributed by atoms with E-state index < -0.39 is 48.5 Å². The molecule has 0 saturated carbocycles. The molecule has 0 radical (unpaired) electrons. The summed E-state index contributed by atoms with van der Waals surface area (Å²) >= 11 is 0. The Labute approximate surface area is 183 Å². The molecule has 5 atom stereocenters. The molecular weight excluding hydrogens is 515 g/mol. The zero-order valence-electron chi connectivity index (χ0n) is 16.0. The van der Waals surface area contributed by atoms with Gasteiger partial charge in [-0.15, -0.1) is 0 Å². The van der Waals surface area contributed by atoms with Crippen molar-refractivity contribution < 1.29 is 56.0 Å². The van der Waals surface area contributed by atoms with E-state index in [0.717, 1.165) is 0 Å². The van der Waals surface area contributed by atoms with Crippen LogP contribution in [0.5, 0.6) is 0 Å². The Bertz CT molecular complexity index is 1210. The van der Waals surface area contributed by atoms with E-state index in [-0.39, 0.29) is 23.3 Å². The Kier molecular flexibility index (Phi) is 7.70. The van der Waals surface area contributed by atoms with Crippen molar-refractivity contribution in [2.45, 2.75) is 24.9 Å². The van der Waals surface area contributed by atoms with Gasteiger partial charge in [0.05, 0.1) is 18.6 Å². The highest BCUT2D eigenvalue weighted by atomic mass is 31.3. The third-order valence-corrected chi connectivity index (χ3v) is 7.88. The summed E-state index contributed by atoms with van der Waals surface area (Å²) in [5.74, 6) is 5.24. The molecule has 1 aliphatic rings. The Morgan fingerprint density at radius 2 is 1.97 bits per heavy atom. The maximum atomic E-state index is 11.9. The van der Waals surface area contributed by atoms with Gasteiger partial charge in [0.15, 0.2) is 5.65 Å². The molecule has 182 valence electrons. The van der Waals surface area contributed by atoms with E-state index in [2.05, 4.69) is 33.1 Å². The molecule has 0 spiro atoms. The van der Waals surface area contributed by atoms with Crippen molar-refractivity contribution in [1.82, 2.24) is 14.5 Å². The van der Waals surface area contributed by atoms with Gasteiger partial charge in [0.1, 0.15) is 24.0 Å². The molecular formula is C11H16N7O12P3. The third kappa shape index (κ3) is 6.64. The molecule has 1 fully saturated rings. The fraction of sp³-hybridized carbons (Fsp3) is 0.455. The van der Waals surface area contributed by atoms with Crippen LogP contribution >= 0.6 is 23.5 Å². The van der Waals surface area contributed by atoms with Crippen molar-refractivity contribution in [2.24, 2.45) is 11.0 Å². The molecule has 0 amide bonds. The Morgan fingerprint density at radius 1 is 1.24 bits per heavy atom. The number of imidazole rings is 1. The van der Waals surface area contributed by atoms with Crippen LogP contribution < -0.4 is 5.90 Å². The number of aromatic nitrogens is 3. The van der Waals surface area contributed by atoms with E-state index in [4.69, 9.17) is 30.8 Å². The number of azide groups is 1. The molecule has 3 unspecified atom stereocenters. The normalized spacial score (nSPS) is 24.8. The average molecular weight is 531 g/mol. The lowest BCUT2D eigenvalue weighted by molar-refractivity contribution is -0.0600. The zero-order valence-corrected chi connectivity index (χ0v) is 18.7. The number of phosphoric ester groups is 1. The number of hydrogen-bond donors (Lipinski definition) is 5. The van der Waals surface area contributed by atoms with Gasteiger partial charge >= 0.3 is 23.5 Å². The van der Waals surface area contributed by atoms with Gasteiger partial charge in [-0.3, -0.25) is 13.9 Å². The summed E-state index contributed by atoms with van der Waals surface area (Å²) in [5, 5.41) is 3.51. The van der Waals surface area contributed by atoms with Crippen LogP contribution in [-0.4, -0.2) is 52.9 Å². The molecule has 19 nitrogen and oxygen atoms in total. The molecule has 2 aromatic heterocycles. The van der Waals surface area contributed by atoms with Crippen LogP contribution in [0, 0.1) is 0 Å². The minimum absolute atomic E-state index is 0.0831. The van der Waals surface area contributed by atoms with Gasteiger partial charge in [0.25, 0.3) is 0 Å². The molecule has 0 bridgehead atoms. The lowest BCUT2D eigenvalue weighted by Gasteiger charge is -2.20. The molecule has 3 heterocycles. The predicted octanol–water partition coefficient (Wildman–Crippen LogP) is 1.26. The molecule has 1 saturated heterocycles.